The van der Waals surface area contributed by atoms with Crippen molar-refractivity contribution in [1.29, 1.82) is 0 Å². The van der Waals surface area contributed by atoms with Gasteiger partial charge in [0.2, 0.25) is 0 Å². The lowest BCUT2D eigenvalue weighted by atomic mass is 9.92. The predicted molar refractivity (Wildman–Crippen MR) is 61.7 cm³/mol. The first-order chi connectivity index (χ1) is 8.05. The third-order valence-electron chi connectivity index (χ3n) is 3.84. The molecule has 0 aromatic carbocycles. The van der Waals surface area contributed by atoms with Crippen LogP contribution in [0.15, 0.2) is 12.4 Å². The van der Waals surface area contributed by atoms with Gasteiger partial charge in [0.15, 0.2) is 0 Å². The molecular formula is C12H19F2N3. The number of hydrogen-bond donors (Lipinski definition) is 1. The molecule has 1 aliphatic carbocycles. The third kappa shape index (κ3) is 2.65. The van der Waals surface area contributed by atoms with E-state index >= 15 is 0 Å². The SMILES string of the molecule is CC(C)C1(CNCc2nccn2C(F)F)CC1. The Morgan fingerprint density at radius 3 is 2.71 bits per heavy atom. The van der Waals surface area contributed by atoms with E-state index in [4.69, 9.17) is 0 Å². The number of alkyl halides is 2. The van der Waals surface area contributed by atoms with Gasteiger partial charge in [-0.05, 0) is 24.2 Å². The quantitative estimate of drug-likeness (QED) is 0.832. The minimum atomic E-state index is -2.51. The lowest BCUT2D eigenvalue weighted by Crippen LogP contribution is -2.28. The Hall–Kier alpha value is -0.970. The van der Waals surface area contributed by atoms with E-state index in [1.54, 1.807) is 0 Å². The van der Waals surface area contributed by atoms with E-state index < -0.39 is 6.55 Å². The van der Waals surface area contributed by atoms with E-state index in [0.29, 0.717) is 23.7 Å². The molecule has 5 heteroatoms. The summed E-state index contributed by atoms with van der Waals surface area (Å²) in [5, 5.41) is 3.25. The Morgan fingerprint density at radius 2 is 2.18 bits per heavy atom. The average molecular weight is 243 g/mol. The molecule has 0 amide bonds. The molecule has 1 saturated carbocycles. The maximum absolute atomic E-state index is 12.6. The summed E-state index contributed by atoms with van der Waals surface area (Å²) in [6, 6.07) is 0. The summed E-state index contributed by atoms with van der Waals surface area (Å²) >= 11 is 0. The molecule has 1 heterocycles. The van der Waals surface area contributed by atoms with Crippen molar-refractivity contribution in [2.24, 2.45) is 11.3 Å². The Balaban J connectivity index is 1.84. The van der Waals surface area contributed by atoms with Gasteiger partial charge in [-0.2, -0.15) is 8.78 Å². The van der Waals surface area contributed by atoms with Crippen molar-refractivity contribution >= 4 is 0 Å². The van der Waals surface area contributed by atoms with E-state index in [-0.39, 0.29) is 0 Å². The summed E-state index contributed by atoms with van der Waals surface area (Å²) < 4.78 is 26.0. The number of aromatic nitrogens is 2. The molecule has 0 unspecified atom stereocenters. The number of nitrogens with one attached hydrogen (secondary N) is 1. The number of hydrogen-bond acceptors (Lipinski definition) is 2. The standard InChI is InChI=1S/C12H19F2N3/c1-9(2)12(3-4-12)8-15-7-10-16-5-6-17(10)11(13)14/h5-6,9,11,15H,3-4,7-8H2,1-2H3. The summed E-state index contributed by atoms with van der Waals surface area (Å²) in [6.07, 6.45) is 5.21. The second-order valence-electron chi connectivity index (χ2n) is 5.15. The Labute approximate surface area is 100 Å². The molecule has 1 fully saturated rings. The molecule has 0 atom stereocenters. The molecule has 1 aliphatic rings. The largest absolute Gasteiger partial charge is 0.319 e. The topological polar surface area (TPSA) is 29.9 Å². The molecule has 1 aromatic heterocycles. The molecule has 1 aromatic rings. The molecule has 3 nitrogen and oxygen atoms in total. The minimum absolute atomic E-state index is 0.391. The zero-order valence-electron chi connectivity index (χ0n) is 10.3. The average Bonchev–Trinajstić information content (AvgIpc) is 2.89. The van der Waals surface area contributed by atoms with Crippen molar-refractivity contribution in [2.45, 2.75) is 39.8 Å². The fourth-order valence-electron chi connectivity index (χ4n) is 2.20. The summed E-state index contributed by atoms with van der Waals surface area (Å²) in [5.74, 6) is 1.05. The summed E-state index contributed by atoms with van der Waals surface area (Å²) in [5.41, 5.74) is 0.391. The van der Waals surface area contributed by atoms with Crippen LogP contribution < -0.4 is 5.32 Å². The van der Waals surface area contributed by atoms with E-state index in [1.807, 2.05) is 0 Å². The van der Waals surface area contributed by atoms with Crippen LogP contribution in [0.5, 0.6) is 0 Å². The Kier molecular flexibility index (Phi) is 3.47. The highest BCUT2D eigenvalue weighted by Crippen LogP contribution is 2.51. The molecule has 17 heavy (non-hydrogen) atoms. The number of imidazole rings is 1. The van der Waals surface area contributed by atoms with Crippen molar-refractivity contribution in [3.63, 3.8) is 0 Å². The van der Waals surface area contributed by atoms with Gasteiger partial charge in [-0.1, -0.05) is 13.8 Å². The highest BCUT2D eigenvalue weighted by Gasteiger charge is 2.44. The van der Waals surface area contributed by atoms with E-state index in [1.165, 1.54) is 25.2 Å². The molecule has 1 N–H and O–H groups in total. The van der Waals surface area contributed by atoms with Crippen molar-refractivity contribution in [3.8, 4) is 0 Å². The number of rotatable bonds is 6. The molecule has 0 radical (unpaired) electrons. The van der Waals surface area contributed by atoms with Crippen LogP contribution in [0.2, 0.25) is 0 Å². The maximum Gasteiger partial charge on any atom is 0.319 e. The van der Waals surface area contributed by atoms with Crippen LogP contribution in [-0.4, -0.2) is 16.1 Å². The normalized spacial score (nSPS) is 18.0. The van der Waals surface area contributed by atoms with E-state index in [9.17, 15) is 8.78 Å². The van der Waals surface area contributed by atoms with Crippen LogP contribution >= 0.6 is 0 Å². The first-order valence-electron chi connectivity index (χ1n) is 6.06. The molecule has 0 bridgehead atoms. The molecule has 0 aliphatic heterocycles. The highest BCUT2D eigenvalue weighted by atomic mass is 19.3. The van der Waals surface area contributed by atoms with Gasteiger partial charge in [-0.15, -0.1) is 0 Å². The van der Waals surface area contributed by atoms with Gasteiger partial charge in [-0.3, -0.25) is 4.57 Å². The predicted octanol–water partition coefficient (Wildman–Crippen LogP) is 2.80. The fourth-order valence-corrected chi connectivity index (χ4v) is 2.20. The van der Waals surface area contributed by atoms with Crippen LogP contribution in [0.1, 0.15) is 39.1 Å². The van der Waals surface area contributed by atoms with Crippen LogP contribution in [-0.2, 0) is 6.54 Å². The van der Waals surface area contributed by atoms with Crippen molar-refractivity contribution in [3.05, 3.63) is 18.2 Å². The number of halogens is 2. The van der Waals surface area contributed by atoms with Gasteiger partial charge < -0.3 is 5.32 Å². The molecule has 2 rings (SSSR count). The van der Waals surface area contributed by atoms with Crippen LogP contribution in [0, 0.1) is 11.3 Å². The smallest absolute Gasteiger partial charge is 0.309 e. The van der Waals surface area contributed by atoms with Gasteiger partial charge in [0, 0.05) is 18.9 Å². The fraction of sp³-hybridized carbons (Fsp3) is 0.750. The van der Waals surface area contributed by atoms with Crippen molar-refractivity contribution < 1.29 is 8.78 Å². The molecule has 0 saturated heterocycles. The third-order valence-corrected chi connectivity index (χ3v) is 3.84. The molecule has 0 spiro atoms. The monoisotopic (exact) mass is 243 g/mol. The Morgan fingerprint density at radius 1 is 1.47 bits per heavy atom. The second-order valence-corrected chi connectivity index (χ2v) is 5.15. The number of nitrogens with zero attached hydrogens (tertiary/aromatic N) is 2. The van der Waals surface area contributed by atoms with E-state index in [2.05, 4.69) is 24.1 Å². The van der Waals surface area contributed by atoms with Crippen LogP contribution in [0.4, 0.5) is 8.78 Å². The maximum atomic E-state index is 12.6. The highest BCUT2D eigenvalue weighted by molar-refractivity contribution is 4.98. The van der Waals surface area contributed by atoms with Gasteiger partial charge in [0.1, 0.15) is 5.82 Å². The first-order valence-corrected chi connectivity index (χ1v) is 6.06. The Bertz CT molecular complexity index is 370. The van der Waals surface area contributed by atoms with Crippen molar-refractivity contribution in [1.82, 2.24) is 14.9 Å². The second kappa shape index (κ2) is 4.72. The van der Waals surface area contributed by atoms with Crippen molar-refractivity contribution in [2.75, 3.05) is 6.54 Å². The van der Waals surface area contributed by atoms with Gasteiger partial charge in [-0.25, -0.2) is 4.98 Å². The molecular weight excluding hydrogens is 224 g/mol. The zero-order valence-corrected chi connectivity index (χ0v) is 10.3. The van der Waals surface area contributed by atoms with Gasteiger partial charge >= 0.3 is 6.55 Å². The van der Waals surface area contributed by atoms with Gasteiger partial charge in [0.05, 0.1) is 6.54 Å². The zero-order chi connectivity index (χ0) is 12.5. The molecule has 96 valence electrons. The minimum Gasteiger partial charge on any atom is -0.309 e. The first kappa shape index (κ1) is 12.5. The summed E-state index contributed by atoms with van der Waals surface area (Å²) in [4.78, 5) is 3.94. The summed E-state index contributed by atoms with van der Waals surface area (Å²) in [6.45, 7) is 3.23. The van der Waals surface area contributed by atoms with E-state index in [0.717, 1.165) is 11.1 Å². The summed E-state index contributed by atoms with van der Waals surface area (Å²) in [7, 11) is 0. The van der Waals surface area contributed by atoms with Gasteiger partial charge in [0.25, 0.3) is 0 Å². The van der Waals surface area contributed by atoms with Crippen LogP contribution in [0.25, 0.3) is 0 Å². The lowest BCUT2D eigenvalue weighted by Gasteiger charge is -2.20. The van der Waals surface area contributed by atoms with Crippen LogP contribution in [0.3, 0.4) is 0 Å². The lowest BCUT2D eigenvalue weighted by molar-refractivity contribution is 0.0665.